The van der Waals surface area contributed by atoms with Gasteiger partial charge in [0.1, 0.15) is 0 Å². The van der Waals surface area contributed by atoms with Crippen LogP contribution in [0.1, 0.15) is 34.0 Å². The van der Waals surface area contributed by atoms with Crippen molar-refractivity contribution in [2.24, 2.45) is 0 Å². The van der Waals surface area contributed by atoms with Crippen LogP contribution in [-0.4, -0.2) is 26.4 Å². The minimum absolute atomic E-state index is 0.000314. The van der Waals surface area contributed by atoms with Crippen LogP contribution in [0, 0.1) is 20.8 Å². The SMILES string of the molecule is Cc1ccc(NS(=O)(=O)c2ccc(C(=O)OC(C)C(=O)Nc3cc(C)ccc3C)cc2)cc1. The number of carbonyl (C=O) groups is 2. The van der Waals surface area contributed by atoms with Crippen LogP contribution in [0.5, 0.6) is 0 Å². The number of rotatable bonds is 7. The van der Waals surface area contributed by atoms with Crippen LogP contribution >= 0.6 is 0 Å². The van der Waals surface area contributed by atoms with Gasteiger partial charge in [-0.25, -0.2) is 13.2 Å². The second kappa shape index (κ2) is 9.87. The van der Waals surface area contributed by atoms with E-state index in [9.17, 15) is 18.0 Å². The maximum atomic E-state index is 12.6. The number of hydrogen-bond donors (Lipinski definition) is 2. The standard InChI is InChI=1S/C25H26N2O5S/c1-16-6-11-21(12-7-16)27-33(30,31)22-13-9-20(10-14-22)25(29)32-19(4)24(28)26-23-15-17(2)5-8-18(23)3/h5-15,19,27H,1-4H3,(H,26,28). The third-order valence-corrected chi connectivity index (χ3v) is 6.41. The van der Waals surface area contributed by atoms with Gasteiger partial charge in [-0.3, -0.25) is 9.52 Å². The number of nitrogens with one attached hydrogen (secondary N) is 2. The number of amides is 1. The van der Waals surface area contributed by atoms with Gasteiger partial charge < -0.3 is 10.1 Å². The summed E-state index contributed by atoms with van der Waals surface area (Å²) >= 11 is 0. The van der Waals surface area contributed by atoms with E-state index in [1.165, 1.54) is 31.2 Å². The molecule has 0 saturated heterocycles. The van der Waals surface area contributed by atoms with Gasteiger partial charge >= 0.3 is 5.97 Å². The van der Waals surface area contributed by atoms with Gasteiger partial charge in [-0.2, -0.15) is 0 Å². The van der Waals surface area contributed by atoms with Crippen LogP contribution < -0.4 is 10.0 Å². The van der Waals surface area contributed by atoms with Crippen LogP contribution in [0.4, 0.5) is 11.4 Å². The molecule has 1 unspecified atom stereocenters. The topological polar surface area (TPSA) is 102 Å². The fourth-order valence-electron chi connectivity index (χ4n) is 2.99. The molecule has 0 heterocycles. The van der Waals surface area contributed by atoms with Gasteiger partial charge in [0.05, 0.1) is 10.5 Å². The van der Waals surface area contributed by atoms with Crippen molar-refractivity contribution in [2.45, 2.75) is 38.7 Å². The number of esters is 1. The maximum absolute atomic E-state index is 12.6. The van der Waals surface area contributed by atoms with Crippen molar-refractivity contribution in [1.82, 2.24) is 0 Å². The van der Waals surface area contributed by atoms with Crippen molar-refractivity contribution in [3.8, 4) is 0 Å². The Morgan fingerprint density at radius 3 is 2.09 bits per heavy atom. The molecule has 0 aliphatic rings. The summed E-state index contributed by atoms with van der Waals surface area (Å²) in [7, 11) is -3.81. The number of carbonyl (C=O) groups excluding carboxylic acids is 2. The monoisotopic (exact) mass is 466 g/mol. The van der Waals surface area contributed by atoms with Gasteiger partial charge in [-0.15, -0.1) is 0 Å². The molecule has 0 saturated carbocycles. The molecule has 3 aromatic carbocycles. The summed E-state index contributed by atoms with van der Waals surface area (Å²) in [5.74, 6) is -1.19. The van der Waals surface area contributed by atoms with Crippen molar-refractivity contribution in [3.05, 3.63) is 89.0 Å². The Bertz CT molecular complexity index is 1270. The molecule has 0 fully saturated rings. The van der Waals surface area contributed by atoms with Crippen molar-refractivity contribution in [1.29, 1.82) is 0 Å². The molecule has 3 rings (SSSR count). The molecule has 0 spiro atoms. The van der Waals surface area contributed by atoms with Crippen LogP contribution in [0.3, 0.4) is 0 Å². The summed E-state index contributed by atoms with van der Waals surface area (Å²) in [4.78, 5) is 24.9. The van der Waals surface area contributed by atoms with Crippen molar-refractivity contribution < 1.29 is 22.7 Å². The molecule has 1 amide bonds. The molecular formula is C25H26N2O5S. The number of hydrogen-bond acceptors (Lipinski definition) is 5. The smallest absolute Gasteiger partial charge is 0.338 e. The summed E-state index contributed by atoms with van der Waals surface area (Å²) in [5, 5.41) is 2.76. The fourth-order valence-corrected chi connectivity index (χ4v) is 4.05. The average molecular weight is 467 g/mol. The van der Waals surface area contributed by atoms with E-state index in [1.54, 1.807) is 24.3 Å². The predicted octanol–water partition coefficient (Wildman–Crippen LogP) is 4.60. The van der Waals surface area contributed by atoms with Gasteiger partial charge in [0.2, 0.25) is 0 Å². The summed E-state index contributed by atoms with van der Waals surface area (Å²) in [5.41, 5.74) is 4.12. The third kappa shape index (κ3) is 6.20. The average Bonchev–Trinajstić information content (AvgIpc) is 2.77. The molecule has 0 bridgehead atoms. The van der Waals surface area contributed by atoms with Crippen molar-refractivity contribution in [2.75, 3.05) is 10.0 Å². The molecule has 2 N–H and O–H groups in total. The van der Waals surface area contributed by atoms with Crippen LogP contribution in [0.15, 0.2) is 71.6 Å². The number of anilines is 2. The van der Waals surface area contributed by atoms with E-state index in [-0.39, 0.29) is 10.5 Å². The first-order valence-electron chi connectivity index (χ1n) is 10.3. The van der Waals surface area contributed by atoms with Gasteiger partial charge in [0.25, 0.3) is 15.9 Å². The Balaban J connectivity index is 1.64. The highest BCUT2D eigenvalue weighted by Gasteiger charge is 2.21. The molecule has 0 aliphatic heterocycles. The highest BCUT2D eigenvalue weighted by molar-refractivity contribution is 7.92. The summed E-state index contributed by atoms with van der Waals surface area (Å²) in [6, 6.07) is 17.9. The lowest BCUT2D eigenvalue weighted by Gasteiger charge is -2.15. The Hall–Kier alpha value is -3.65. The Morgan fingerprint density at radius 2 is 1.45 bits per heavy atom. The molecule has 7 nitrogen and oxygen atoms in total. The first kappa shape index (κ1) is 24.0. The van der Waals surface area contributed by atoms with Gasteiger partial charge in [0.15, 0.2) is 6.10 Å². The van der Waals surface area contributed by atoms with Crippen molar-refractivity contribution in [3.63, 3.8) is 0 Å². The normalized spacial score (nSPS) is 12.0. The lowest BCUT2D eigenvalue weighted by atomic mass is 10.1. The predicted molar refractivity (Wildman–Crippen MR) is 128 cm³/mol. The Morgan fingerprint density at radius 1 is 0.848 bits per heavy atom. The van der Waals surface area contributed by atoms with Gasteiger partial charge in [-0.1, -0.05) is 29.8 Å². The van der Waals surface area contributed by atoms with Crippen LogP contribution in [-0.2, 0) is 19.6 Å². The van der Waals surface area contributed by atoms with Crippen molar-refractivity contribution >= 4 is 33.3 Å². The van der Waals surface area contributed by atoms with E-state index >= 15 is 0 Å². The third-order valence-electron chi connectivity index (χ3n) is 5.01. The molecule has 33 heavy (non-hydrogen) atoms. The zero-order valence-corrected chi connectivity index (χ0v) is 19.7. The lowest BCUT2D eigenvalue weighted by molar-refractivity contribution is -0.123. The number of sulfonamides is 1. The number of benzene rings is 3. The van der Waals surface area contributed by atoms with Gasteiger partial charge in [0, 0.05) is 11.4 Å². The van der Waals surface area contributed by atoms with E-state index in [0.717, 1.165) is 16.7 Å². The minimum atomic E-state index is -3.81. The number of ether oxygens (including phenoxy) is 1. The maximum Gasteiger partial charge on any atom is 0.338 e. The zero-order chi connectivity index (χ0) is 24.2. The highest BCUT2D eigenvalue weighted by atomic mass is 32.2. The van der Waals surface area contributed by atoms with E-state index < -0.39 is 28.0 Å². The Labute approximate surface area is 193 Å². The van der Waals surface area contributed by atoms with Crippen LogP contribution in [0.25, 0.3) is 0 Å². The lowest BCUT2D eigenvalue weighted by Crippen LogP contribution is -2.30. The first-order valence-corrected chi connectivity index (χ1v) is 11.8. The van der Waals surface area contributed by atoms with E-state index in [1.807, 2.05) is 39.0 Å². The molecule has 172 valence electrons. The minimum Gasteiger partial charge on any atom is -0.449 e. The van der Waals surface area contributed by atoms with E-state index in [4.69, 9.17) is 4.74 Å². The van der Waals surface area contributed by atoms with E-state index in [0.29, 0.717) is 11.4 Å². The molecule has 3 aromatic rings. The molecular weight excluding hydrogens is 440 g/mol. The molecule has 8 heteroatoms. The highest BCUT2D eigenvalue weighted by Crippen LogP contribution is 2.19. The zero-order valence-electron chi connectivity index (χ0n) is 18.9. The van der Waals surface area contributed by atoms with Crippen LogP contribution in [0.2, 0.25) is 0 Å². The molecule has 0 aromatic heterocycles. The second-order valence-corrected chi connectivity index (χ2v) is 9.53. The first-order chi connectivity index (χ1) is 15.5. The van der Waals surface area contributed by atoms with E-state index in [2.05, 4.69) is 10.0 Å². The van der Waals surface area contributed by atoms with Gasteiger partial charge in [-0.05, 0) is 81.3 Å². The second-order valence-electron chi connectivity index (χ2n) is 7.85. The summed E-state index contributed by atoms with van der Waals surface area (Å²) in [6.45, 7) is 7.17. The largest absolute Gasteiger partial charge is 0.449 e. The molecule has 0 radical (unpaired) electrons. The number of aryl methyl sites for hydroxylation is 3. The summed E-state index contributed by atoms with van der Waals surface area (Å²) < 4.78 is 32.9. The fraction of sp³-hybridized carbons (Fsp3) is 0.200. The molecule has 0 aliphatic carbocycles. The quantitative estimate of drug-likeness (QED) is 0.496. The molecule has 1 atom stereocenters. The Kier molecular flexibility index (Phi) is 7.18. The summed E-state index contributed by atoms with van der Waals surface area (Å²) in [6.07, 6.45) is -1.04.